The van der Waals surface area contributed by atoms with Gasteiger partial charge in [-0.2, -0.15) is 8.42 Å². The summed E-state index contributed by atoms with van der Waals surface area (Å²) in [5.74, 6) is -0.337. The van der Waals surface area contributed by atoms with Crippen LogP contribution in [-0.4, -0.2) is 32.6 Å². The van der Waals surface area contributed by atoms with Crippen LogP contribution in [0.3, 0.4) is 0 Å². The smallest absolute Gasteiger partial charge is 0.305 e. The molecule has 0 saturated heterocycles. The minimum Gasteiger partial charge on any atom is -0.506 e. The van der Waals surface area contributed by atoms with Crippen molar-refractivity contribution in [1.29, 1.82) is 0 Å². The molecule has 0 bridgehead atoms. The Bertz CT molecular complexity index is 739. The number of benzene rings is 2. The lowest BCUT2D eigenvalue weighted by Gasteiger charge is -2.07. The van der Waals surface area contributed by atoms with Crippen LogP contribution in [0.25, 0.3) is 10.8 Å². The van der Waals surface area contributed by atoms with Gasteiger partial charge in [-0.15, -0.1) is 0 Å². The molecule has 6 nitrogen and oxygen atoms in total. The first-order valence-electron chi connectivity index (χ1n) is 5.48. The molecule has 100 valence electrons. The molecule has 0 heterocycles. The van der Waals surface area contributed by atoms with Gasteiger partial charge in [-0.05, 0) is 16.0 Å². The second-order valence-corrected chi connectivity index (χ2v) is 5.65. The van der Waals surface area contributed by atoms with Gasteiger partial charge in [0.2, 0.25) is 0 Å². The van der Waals surface area contributed by atoms with Gasteiger partial charge in [-0.3, -0.25) is 5.01 Å². The molecule has 0 aromatic heterocycles. The van der Waals surface area contributed by atoms with Gasteiger partial charge in [0, 0.05) is 19.5 Å². The van der Waals surface area contributed by atoms with Crippen LogP contribution in [0.1, 0.15) is 0 Å². The Labute approximate surface area is 111 Å². The number of nitrogens with zero attached hydrogens (tertiary/aromatic N) is 3. The predicted molar refractivity (Wildman–Crippen MR) is 71.3 cm³/mol. The number of phenols is 1. The zero-order chi connectivity index (χ0) is 14.0. The van der Waals surface area contributed by atoms with Gasteiger partial charge in [0.25, 0.3) is 0 Å². The molecule has 2 rings (SSSR count). The molecular formula is C12H13N3O3S. The SMILES string of the molecule is CN(C)N=NS(=O)(=O)c1c(O)ccc2ccccc12. The lowest BCUT2D eigenvalue weighted by Crippen LogP contribution is -2.04. The maximum atomic E-state index is 12.1. The number of aromatic hydroxyl groups is 1. The van der Waals surface area contributed by atoms with Crippen molar-refractivity contribution in [1.82, 2.24) is 5.01 Å². The molecule has 0 fully saturated rings. The van der Waals surface area contributed by atoms with Gasteiger partial charge < -0.3 is 5.11 Å². The monoisotopic (exact) mass is 279 g/mol. The molecule has 0 saturated carbocycles. The Morgan fingerprint density at radius 1 is 1.11 bits per heavy atom. The molecule has 1 N–H and O–H groups in total. The highest BCUT2D eigenvalue weighted by Crippen LogP contribution is 2.32. The van der Waals surface area contributed by atoms with Gasteiger partial charge in [-0.25, -0.2) is 0 Å². The number of rotatable bonds is 3. The molecule has 0 aliphatic carbocycles. The zero-order valence-electron chi connectivity index (χ0n) is 10.5. The summed E-state index contributed by atoms with van der Waals surface area (Å²) in [6.45, 7) is 0. The molecular weight excluding hydrogens is 266 g/mol. The first-order chi connectivity index (χ1) is 8.92. The lowest BCUT2D eigenvalue weighted by atomic mass is 10.1. The van der Waals surface area contributed by atoms with Gasteiger partial charge >= 0.3 is 10.0 Å². The summed E-state index contributed by atoms with van der Waals surface area (Å²) >= 11 is 0. The van der Waals surface area contributed by atoms with Crippen molar-refractivity contribution in [2.75, 3.05) is 14.1 Å². The molecule has 0 radical (unpaired) electrons. The van der Waals surface area contributed by atoms with Crippen molar-refractivity contribution in [3.63, 3.8) is 0 Å². The van der Waals surface area contributed by atoms with E-state index in [0.717, 1.165) is 0 Å². The molecule has 0 aliphatic rings. The number of hydrogen-bond acceptors (Lipinski definition) is 4. The number of phenolic OH excluding ortho intramolecular Hbond substituents is 1. The Kier molecular flexibility index (Phi) is 3.39. The van der Waals surface area contributed by atoms with Gasteiger partial charge in [0.15, 0.2) is 0 Å². The third-order valence-electron chi connectivity index (χ3n) is 2.44. The Morgan fingerprint density at radius 2 is 1.79 bits per heavy atom. The summed E-state index contributed by atoms with van der Waals surface area (Å²) in [6, 6.07) is 9.85. The lowest BCUT2D eigenvalue weighted by molar-refractivity contribution is 0.409. The summed E-state index contributed by atoms with van der Waals surface area (Å²) < 4.78 is 27.5. The van der Waals surface area contributed by atoms with Crippen molar-refractivity contribution in [2.24, 2.45) is 9.74 Å². The molecule has 7 heteroatoms. The highest BCUT2D eigenvalue weighted by Gasteiger charge is 2.21. The molecule has 0 unspecified atom stereocenters. The number of sulfonamides is 1. The average molecular weight is 279 g/mol. The minimum absolute atomic E-state index is 0.226. The van der Waals surface area contributed by atoms with E-state index in [-0.39, 0.29) is 10.6 Å². The maximum absolute atomic E-state index is 12.1. The highest BCUT2D eigenvalue weighted by molar-refractivity contribution is 7.90. The van der Waals surface area contributed by atoms with Crippen LogP contribution < -0.4 is 0 Å². The Hall–Kier alpha value is -2.15. The number of hydrogen-bond donors (Lipinski definition) is 1. The van der Waals surface area contributed by atoms with Crippen LogP contribution in [0.5, 0.6) is 5.75 Å². The van der Waals surface area contributed by atoms with Crippen molar-refractivity contribution in [3.05, 3.63) is 36.4 Å². The van der Waals surface area contributed by atoms with E-state index >= 15 is 0 Å². The summed E-state index contributed by atoms with van der Waals surface area (Å²) in [5.41, 5.74) is 0. The summed E-state index contributed by atoms with van der Waals surface area (Å²) in [6.07, 6.45) is 0. The molecule has 2 aromatic rings. The van der Waals surface area contributed by atoms with Crippen molar-refractivity contribution < 1.29 is 13.5 Å². The first-order valence-corrected chi connectivity index (χ1v) is 6.92. The fourth-order valence-corrected chi connectivity index (χ4v) is 2.78. The zero-order valence-corrected chi connectivity index (χ0v) is 11.3. The second-order valence-electron chi connectivity index (χ2n) is 4.13. The Morgan fingerprint density at radius 3 is 2.47 bits per heavy atom. The quantitative estimate of drug-likeness (QED) is 0.689. The summed E-state index contributed by atoms with van der Waals surface area (Å²) in [5, 5.41) is 15.7. The standard InChI is InChI=1S/C12H13N3O3S/c1-15(2)13-14-19(17,18)12-10-6-4-3-5-9(10)7-8-11(12)16/h3-8,16H,1-2H3. The van der Waals surface area contributed by atoms with Crippen LogP contribution >= 0.6 is 0 Å². The largest absolute Gasteiger partial charge is 0.506 e. The van der Waals surface area contributed by atoms with Gasteiger partial charge in [0.05, 0.1) is 0 Å². The maximum Gasteiger partial charge on any atom is 0.305 e. The molecule has 0 atom stereocenters. The van der Waals surface area contributed by atoms with E-state index in [0.29, 0.717) is 10.8 Å². The number of fused-ring (bicyclic) bond motifs is 1. The van der Waals surface area contributed by atoms with E-state index in [1.807, 2.05) is 0 Å². The van der Waals surface area contributed by atoms with Crippen molar-refractivity contribution in [3.8, 4) is 5.75 Å². The van der Waals surface area contributed by atoms with E-state index in [1.54, 1.807) is 44.4 Å². The van der Waals surface area contributed by atoms with E-state index in [4.69, 9.17) is 0 Å². The third-order valence-corrected chi connectivity index (χ3v) is 3.67. The normalized spacial score (nSPS) is 12.1. The highest BCUT2D eigenvalue weighted by atomic mass is 32.2. The topological polar surface area (TPSA) is 82.3 Å². The van der Waals surface area contributed by atoms with Crippen molar-refractivity contribution >= 4 is 20.8 Å². The van der Waals surface area contributed by atoms with E-state index in [1.165, 1.54) is 11.1 Å². The Balaban J connectivity index is 2.71. The summed E-state index contributed by atoms with van der Waals surface area (Å²) in [7, 11) is -0.931. The van der Waals surface area contributed by atoms with Crippen LogP contribution in [0.4, 0.5) is 0 Å². The van der Waals surface area contributed by atoms with Gasteiger partial charge in [0.1, 0.15) is 10.6 Å². The molecule has 0 spiro atoms. The van der Waals surface area contributed by atoms with E-state index in [9.17, 15) is 13.5 Å². The minimum atomic E-state index is -4.05. The molecule has 19 heavy (non-hydrogen) atoms. The molecule has 0 amide bonds. The van der Waals surface area contributed by atoms with Crippen molar-refractivity contribution in [2.45, 2.75) is 4.90 Å². The van der Waals surface area contributed by atoms with Crippen LogP contribution in [0.2, 0.25) is 0 Å². The van der Waals surface area contributed by atoms with Crippen LogP contribution in [-0.2, 0) is 10.0 Å². The third kappa shape index (κ3) is 2.65. The van der Waals surface area contributed by atoms with Gasteiger partial charge in [-0.1, -0.05) is 35.6 Å². The second kappa shape index (κ2) is 4.85. The predicted octanol–water partition coefficient (Wildman–Crippen LogP) is 2.16. The molecule has 0 aliphatic heterocycles. The van der Waals surface area contributed by atoms with Crippen LogP contribution in [0.15, 0.2) is 51.0 Å². The fraction of sp³-hybridized carbons (Fsp3) is 0.167. The first kappa shape index (κ1) is 13.3. The van der Waals surface area contributed by atoms with E-state index in [2.05, 4.69) is 9.74 Å². The summed E-state index contributed by atoms with van der Waals surface area (Å²) in [4.78, 5) is -0.226. The van der Waals surface area contributed by atoms with E-state index < -0.39 is 10.0 Å². The average Bonchev–Trinajstić information content (AvgIpc) is 2.36. The van der Waals surface area contributed by atoms with Crippen LogP contribution in [0, 0.1) is 0 Å². The fourth-order valence-electron chi connectivity index (χ4n) is 1.66. The molecule has 2 aromatic carbocycles.